The predicted octanol–water partition coefficient (Wildman–Crippen LogP) is 2.13. The molecule has 1 amide bonds. The van der Waals surface area contributed by atoms with Crippen molar-refractivity contribution in [3.63, 3.8) is 0 Å². The van der Waals surface area contributed by atoms with Crippen molar-refractivity contribution >= 4 is 23.2 Å². The molecule has 4 heteroatoms. The van der Waals surface area contributed by atoms with Gasteiger partial charge in [-0.2, -0.15) is 5.06 Å². The summed E-state index contributed by atoms with van der Waals surface area (Å²) in [6.45, 7) is 2.03. The Kier molecular flexibility index (Phi) is 2.67. The van der Waals surface area contributed by atoms with Crippen LogP contribution in [0.3, 0.4) is 0 Å². The molecule has 0 saturated carbocycles. The number of anilines is 1. The number of amides is 1. The third kappa shape index (κ3) is 1.73. The van der Waals surface area contributed by atoms with Crippen molar-refractivity contribution in [2.45, 2.75) is 25.1 Å². The molecule has 1 N–H and O–H groups in total. The highest BCUT2D eigenvalue weighted by molar-refractivity contribution is 6.33. The Morgan fingerprint density at radius 3 is 3.00 bits per heavy atom. The Balaban J connectivity index is 2.47. The first-order valence-corrected chi connectivity index (χ1v) is 5.36. The second-order valence-electron chi connectivity index (χ2n) is 3.64. The van der Waals surface area contributed by atoms with Gasteiger partial charge in [-0.05, 0) is 30.0 Å². The summed E-state index contributed by atoms with van der Waals surface area (Å²) < 4.78 is 0. The van der Waals surface area contributed by atoms with Crippen molar-refractivity contribution in [1.82, 2.24) is 0 Å². The topological polar surface area (TPSA) is 40.5 Å². The summed E-state index contributed by atoms with van der Waals surface area (Å²) in [4.78, 5) is 11.4. The molecule has 15 heavy (non-hydrogen) atoms. The summed E-state index contributed by atoms with van der Waals surface area (Å²) in [7, 11) is 0. The Morgan fingerprint density at radius 2 is 2.33 bits per heavy atom. The van der Waals surface area contributed by atoms with Gasteiger partial charge in [-0.1, -0.05) is 19.1 Å². The summed E-state index contributed by atoms with van der Waals surface area (Å²) in [5.41, 5.74) is 2.57. The minimum atomic E-state index is -0.657. The van der Waals surface area contributed by atoms with Crippen LogP contribution >= 0.6 is 11.6 Å². The molecule has 1 aliphatic heterocycles. The minimum Gasteiger partial charge on any atom is -0.281 e. The summed E-state index contributed by atoms with van der Waals surface area (Å²) >= 11 is 5.81. The molecule has 1 atom stereocenters. The van der Waals surface area contributed by atoms with E-state index in [1.807, 2.05) is 25.1 Å². The van der Waals surface area contributed by atoms with Gasteiger partial charge in [0.25, 0.3) is 5.91 Å². The van der Waals surface area contributed by atoms with Gasteiger partial charge in [0.2, 0.25) is 0 Å². The van der Waals surface area contributed by atoms with Crippen LogP contribution in [-0.4, -0.2) is 16.5 Å². The monoisotopic (exact) mass is 225 g/mol. The molecular weight excluding hydrogens is 214 g/mol. The fourth-order valence-corrected chi connectivity index (χ4v) is 1.99. The molecule has 0 aliphatic carbocycles. The smallest absolute Gasteiger partial charge is 0.269 e. The SMILES string of the molecule is CCc1ccc2c(c1)N(O)C(=O)C(Cl)C2. The van der Waals surface area contributed by atoms with E-state index >= 15 is 0 Å². The van der Waals surface area contributed by atoms with Crippen LogP contribution < -0.4 is 5.06 Å². The largest absolute Gasteiger partial charge is 0.281 e. The average Bonchev–Trinajstić information content (AvgIpc) is 2.26. The Labute approximate surface area is 93.2 Å². The van der Waals surface area contributed by atoms with Crippen LogP contribution in [0.5, 0.6) is 0 Å². The van der Waals surface area contributed by atoms with Gasteiger partial charge in [0, 0.05) is 0 Å². The lowest BCUT2D eigenvalue weighted by Gasteiger charge is -2.27. The van der Waals surface area contributed by atoms with E-state index in [0.717, 1.165) is 17.5 Å². The van der Waals surface area contributed by atoms with Crippen LogP contribution in [0.15, 0.2) is 18.2 Å². The number of hydrogen-bond donors (Lipinski definition) is 1. The number of carbonyl (C=O) groups is 1. The fourth-order valence-electron chi connectivity index (χ4n) is 1.73. The van der Waals surface area contributed by atoms with Crippen LogP contribution in [0.25, 0.3) is 0 Å². The number of hydrogen-bond acceptors (Lipinski definition) is 2. The second-order valence-corrected chi connectivity index (χ2v) is 4.17. The molecule has 2 rings (SSSR count). The maximum absolute atomic E-state index is 11.4. The van der Waals surface area contributed by atoms with Gasteiger partial charge >= 0.3 is 0 Å². The first-order chi connectivity index (χ1) is 7.13. The number of alkyl halides is 1. The van der Waals surface area contributed by atoms with Gasteiger partial charge in [0.05, 0.1) is 5.69 Å². The van der Waals surface area contributed by atoms with Crippen molar-refractivity contribution in [2.24, 2.45) is 0 Å². The lowest BCUT2D eigenvalue weighted by atomic mass is 9.99. The minimum absolute atomic E-state index is 0.447. The van der Waals surface area contributed by atoms with Crippen molar-refractivity contribution in [2.75, 3.05) is 5.06 Å². The molecule has 1 heterocycles. The first kappa shape index (κ1) is 10.5. The lowest BCUT2D eigenvalue weighted by Crippen LogP contribution is -2.39. The maximum atomic E-state index is 11.4. The standard InChI is InChI=1S/C11H12ClNO2/c1-2-7-3-4-8-6-9(12)11(14)13(15)10(8)5-7/h3-5,9,15H,2,6H2,1H3. The molecule has 0 bridgehead atoms. The number of benzene rings is 1. The van der Waals surface area contributed by atoms with Gasteiger partial charge in [-0.25, -0.2) is 0 Å². The molecule has 1 unspecified atom stereocenters. The Morgan fingerprint density at radius 1 is 1.60 bits per heavy atom. The first-order valence-electron chi connectivity index (χ1n) is 4.92. The highest BCUT2D eigenvalue weighted by atomic mass is 35.5. The zero-order valence-corrected chi connectivity index (χ0v) is 9.16. The third-order valence-electron chi connectivity index (χ3n) is 2.66. The van der Waals surface area contributed by atoms with Crippen LogP contribution in [0, 0.1) is 0 Å². The Hall–Kier alpha value is -1.06. The fraction of sp³-hybridized carbons (Fsp3) is 0.364. The van der Waals surface area contributed by atoms with E-state index < -0.39 is 11.3 Å². The summed E-state index contributed by atoms with van der Waals surface area (Å²) in [6, 6.07) is 5.74. The molecular formula is C11H12ClNO2. The van der Waals surface area contributed by atoms with Crippen molar-refractivity contribution in [3.8, 4) is 0 Å². The quantitative estimate of drug-likeness (QED) is 0.588. The highest BCUT2D eigenvalue weighted by Gasteiger charge is 2.30. The van der Waals surface area contributed by atoms with Gasteiger partial charge in [-0.15, -0.1) is 11.6 Å². The van der Waals surface area contributed by atoms with E-state index in [1.54, 1.807) is 0 Å². The molecule has 3 nitrogen and oxygen atoms in total. The number of hydroxylamine groups is 1. The van der Waals surface area contributed by atoms with Crippen molar-refractivity contribution < 1.29 is 10.0 Å². The molecule has 0 fully saturated rings. The van der Waals surface area contributed by atoms with Crippen LogP contribution in [0.2, 0.25) is 0 Å². The third-order valence-corrected chi connectivity index (χ3v) is 3.00. The number of halogens is 1. The Bertz CT molecular complexity index is 406. The van der Waals surface area contributed by atoms with E-state index in [9.17, 15) is 10.0 Å². The molecule has 80 valence electrons. The molecule has 0 saturated heterocycles. The molecule has 0 radical (unpaired) electrons. The molecule has 0 spiro atoms. The summed E-state index contributed by atoms with van der Waals surface area (Å²) in [5, 5.41) is 9.62. The number of aryl methyl sites for hydroxylation is 1. The van der Waals surface area contributed by atoms with E-state index in [1.165, 1.54) is 0 Å². The molecule has 0 aromatic heterocycles. The summed E-state index contributed by atoms with van der Waals surface area (Å²) in [6.07, 6.45) is 1.36. The molecule has 1 aromatic carbocycles. The van der Waals surface area contributed by atoms with Gasteiger partial charge in [0.15, 0.2) is 0 Å². The van der Waals surface area contributed by atoms with E-state index in [2.05, 4.69) is 0 Å². The average molecular weight is 226 g/mol. The van der Waals surface area contributed by atoms with Gasteiger partial charge < -0.3 is 0 Å². The lowest BCUT2D eigenvalue weighted by molar-refractivity contribution is -0.123. The van der Waals surface area contributed by atoms with E-state index in [0.29, 0.717) is 17.2 Å². The number of carbonyl (C=O) groups excluding carboxylic acids is 1. The van der Waals surface area contributed by atoms with Crippen molar-refractivity contribution in [3.05, 3.63) is 29.3 Å². The van der Waals surface area contributed by atoms with Crippen LogP contribution in [-0.2, 0) is 17.6 Å². The van der Waals surface area contributed by atoms with Crippen LogP contribution in [0.4, 0.5) is 5.69 Å². The number of fused-ring (bicyclic) bond motifs is 1. The molecule has 1 aromatic rings. The van der Waals surface area contributed by atoms with Gasteiger partial charge in [-0.3, -0.25) is 10.0 Å². The predicted molar refractivity (Wildman–Crippen MR) is 58.4 cm³/mol. The number of nitrogens with zero attached hydrogens (tertiary/aromatic N) is 1. The van der Waals surface area contributed by atoms with Crippen LogP contribution in [0.1, 0.15) is 18.1 Å². The normalized spacial score (nSPS) is 20.3. The van der Waals surface area contributed by atoms with Gasteiger partial charge in [0.1, 0.15) is 5.38 Å². The zero-order valence-electron chi connectivity index (χ0n) is 8.40. The molecule has 1 aliphatic rings. The second kappa shape index (κ2) is 3.83. The zero-order chi connectivity index (χ0) is 11.0. The van der Waals surface area contributed by atoms with E-state index in [4.69, 9.17) is 11.6 Å². The number of rotatable bonds is 1. The highest BCUT2D eigenvalue weighted by Crippen LogP contribution is 2.29. The summed E-state index contributed by atoms with van der Waals surface area (Å²) in [5.74, 6) is -0.447. The van der Waals surface area contributed by atoms with Crippen molar-refractivity contribution in [1.29, 1.82) is 0 Å². The van der Waals surface area contributed by atoms with E-state index in [-0.39, 0.29) is 0 Å². The maximum Gasteiger partial charge on any atom is 0.269 e.